The molecule has 1 saturated heterocycles. The van der Waals surface area contributed by atoms with Crippen LogP contribution in [0, 0.1) is 5.92 Å². The molecule has 0 amide bonds. The van der Waals surface area contributed by atoms with Gasteiger partial charge in [0, 0.05) is 25.7 Å². The molecule has 2 atom stereocenters. The molecular weight excluding hydrogens is 188 g/mol. The highest BCUT2D eigenvalue weighted by Gasteiger charge is 2.25. The fourth-order valence-electron chi connectivity index (χ4n) is 2.42. The molecule has 15 heavy (non-hydrogen) atoms. The highest BCUT2D eigenvalue weighted by molar-refractivity contribution is 4.81. The minimum absolute atomic E-state index is 0.587. The molecular formula is C12H26N2O. The van der Waals surface area contributed by atoms with Crippen LogP contribution < -0.4 is 5.73 Å². The van der Waals surface area contributed by atoms with Gasteiger partial charge in [-0.15, -0.1) is 0 Å². The molecule has 0 aromatic carbocycles. The van der Waals surface area contributed by atoms with E-state index in [2.05, 4.69) is 11.8 Å². The Morgan fingerprint density at radius 1 is 1.40 bits per heavy atom. The Kier molecular flexibility index (Phi) is 6.22. The number of nitrogens with two attached hydrogens (primary N) is 1. The summed E-state index contributed by atoms with van der Waals surface area (Å²) in [5.41, 5.74) is 5.83. The molecule has 1 rings (SSSR count). The summed E-state index contributed by atoms with van der Waals surface area (Å²) >= 11 is 0. The maximum Gasteiger partial charge on any atom is 0.0593 e. The molecule has 0 bridgehead atoms. The van der Waals surface area contributed by atoms with Gasteiger partial charge in [-0.05, 0) is 32.2 Å². The Hall–Kier alpha value is -0.120. The largest absolute Gasteiger partial charge is 0.380 e. The Balaban J connectivity index is 2.30. The van der Waals surface area contributed by atoms with Gasteiger partial charge < -0.3 is 10.5 Å². The first kappa shape index (κ1) is 12.9. The second-order valence-electron chi connectivity index (χ2n) is 4.42. The summed E-state index contributed by atoms with van der Waals surface area (Å²) in [4.78, 5) is 2.50. The predicted octanol–water partition coefficient (Wildman–Crippen LogP) is 1.47. The van der Waals surface area contributed by atoms with E-state index >= 15 is 0 Å². The zero-order chi connectivity index (χ0) is 11.1. The Bertz CT molecular complexity index is 162. The van der Waals surface area contributed by atoms with Crippen molar-refractivity contribution in [3.63, 3.8) is 0 Å². The van der Waals surface area contributed by atoms with E-state index in [0.717, 1.165) is 32.2 Å². The molecule has 0 aromatic heterocycles. The molecule has 1 fully saturated rings. The summed E-state index contributed by atoms with van der Waals surface area (Å²) in [6.45, 7) is 9.04. The van der Waals surface area contributed by atoms with Crippen molar-refractivity contribution in [3.05, 3.63) is 0 Å². The Labute approximate surface area is 94.0 Å². The minimum Gasteiger partial charge on any atom is -0.380 e. The lowest BCUT2D eigenvalue weighted by molar-refractivity contribution is 0.0640. The van der Waals surface area contributed by atoms with E-state index in [-0.39, 0.29) is 0 Å². The SMILES string of the molecule is CCOCCN1CCC(CC)CC1CN. The Morgan fingerprint density at radius 2 is 2.20 bits per heavy atom. The van der Waals surface area contributed by atoms with Gasteiger partial charge >= 0.3 is 0 Å². The molecule has 0 aromatic rings. The molecule has 3 heteroatoms. The van der Waals surface area contributed by atoms with Crippen molar-refractivity contribution in [2.75, 3.05) is 32.8 Å². The van der Waals surface area contributed by atoms with E-state index in [9.17, 15) is 0 Å². The van der Waals surface area contributed by atoms with Crippen LogP contribution in [-0.4, -0.2) is 43.8 Å². The van der Waals surface area contributed by atoms with Gasteiger partial charge in [-0.3, -0.25) is 4.90 Å². The molecule has 1 aliphatic rings. The van der Waals surface area contributed by atoms with E-state index in [4.69, 9.17) is 10.5 Å². The van der Waals surface area contributed by atoms with Crippen LogP contribution in [0.5, 0.6) is 0 Å². The molecule has 1 aliphatic heterocycles. The van der Waals surface area contributed by atoms with E-state index in [0.29, 0.717) is 6.04 Å². The molecule has 0 spiro atoms. The lowest BCUT2D eigenvalue weighted by Gasteiger charge is -2.38. The number of rotatable bonds is 6. The zero-order valence-corrected chi connectivity index (χ0v) is 10.2. The number of hydrogen-bond acceptors (Lipinski definition) is 3. The third-order valence-corrected chi connectivity index (χ3v) is 3.52. The van der Waals surface area contributed by atoms with Gasteiger partial charge in [0.1, 0.15) is 0 Å². The van der Waals surface area contributed by atoms with E-state index in [1.807, 2.05) is 6.92 Å². The van der Waals surface area contributed by atoms with Gasteiger partial charge in [0.05, 0.1) is 6.61 Å². The summed E-state index contributed by atoms with van der Waals surface area (Å²) < 4.78 is 5.40. The molecule has 0 radical (unpaired) electrons. The Morgan fingerprint density at radius 3 is 2.80 bits per heavy atom. The lowest BCUT2D eigenvalue weighted by atomic mass is 9.89. The number of likely N-dealkylation sites (tertiary alicyclic amines) is 1. The fraction of sp³-hybridized carbons (Fsp3) is 1.00. The third kappa shape index (κ3) is 4.09. The van der Waals surface area contributed by atoms with Crippen LogP contribution in [0.25, 0.3) is 0 Å². The second-order valence-corrected chi connectivity index (χ2v) is 4.42. The van der Waals surface area contributed by atoms with Crippen LogP contribution in [0.15, 0.2) is 0 Å². The molecule has 3 nitrogen and oxygen atoms in total. The average molecular weight is 214 g/mol. The van der Waals surface area contributed by atoms with Gasteiger partial charge in [-0.1, -0.05) is 13.3 Å². The number of nitrogens with zero attached hydrogens (tertiary/aromatic N) is 1. The summed E-state index contributed by atoms with van der Waals surface area (Å²) in [5.74, 6) is 0.891. The maximum atomic E-state index is 5.83. The van der Waals surface area contributed by atoms with Gasteiger partial charge in [-0.2, -0.15) is 0 Å². The molecule has 0 saturated carbocycles. The molecule has 1 heterocycles. The fourth-order valence-corrected chi connectivity index (χ4v) is 2.42. The molecule has 2 N–H and O–H groups in total. The van der Waals surface area contributed by atoms with Crippen molar-refractivity contribution in [1.82, 2.24) is 4.90 Å². The molecule has 2 unspecified atom stereocenters. The van der Waals surface area contributed by atoms with Crippen molar-refractivity contribution in [2.45, 2.75) is 39.2 Å². The van der Waals surface area contributed by atoms with Gasteiger partial charge in [0.25, 0.3) is 0 Å². The van der Waals surface area contributed by atoms with E-state index < -0.39 is 0 Å². The molecule has 90 valence electrons. The van der Waals surface area contributed by atoms with Crippen LogP contribution >= 0.6 is 0 Å². The van der Waals surface area contributed by atoms with Crippen molar-refractivity contribution >= 4 is 0 Å². The average Bonchev–Trinajstić information content (AvgIpc) is 2.29. The number of hydrogen-bond donors (Lipinski definition) is 1. The highest BCUT2D eigenvalue weighted by atomic mass is 16.5. The number of piperidine rings is 1. The zero-order valence-electron chi connectivity index (χ0n) is 10.2. The first-order valence-corrected chi connectivity index (χ1v) is 6.33. The summed E-state index contributed by atoms with van der Waals surface area (Å²) in [7, 11) is 0. The topological polar surface area (TPSA) is 38.5 Å². The van der Waals surface area contributed by atoms with E-state index in [1.54, 1.807) is 0 Å². The van der Waals surface area contributed by atoms with E-state index in [1.165, 1.54) is 25.8 Å². The van der Waals surface area contributed by atoms with Crippen molar-refractivity contribution in [1.29, 1.82) is 0 Å². The van der Waals surface area contributed by atoms with Gasteiger partial charge in [0.2, 0.25) is 0 Å². The lowest BCUT2D eigenvalue weighted by Crippen LogP contribution is -2.47. The monoisotopic (exact) mass is 214 g/mol. The van der Waals surface area contributed by atoms with Crippen LogP contribution in [0.3, 0.4) is 0 Å². The minimum atomic E-state index is 0.587. The summed E-state index contributed by atoms with van der Waals surface area (Å²) in [5, 5.41) is 0. The standard InChI is InChI=1S/C12H26N2O/c1-3-11-5-6-14(7-8-15-4-2)12(9-11)10-13/h11-12H,3-10,13H2,1-2H3. The van der Waals surface area contributed by atoms with Crippen molar-refractivity contribution < 1.29 is 4.74 Å². The predicted molar refractivity (Wildman–Crippen MR) is 63.9 cm³/mol. The first-order chi connectivity index (χ1) is 7.31. The maximum absolute atomic E-state index is 5.83. The normalized spacial score (nSPS) is 28.2. The quantitative estimate of drug-likeness (QED) is 0.681. The smallest absolute Gasteiger partial charge is 0.0593 e. The van der Waals surface area contributed by atoms with Crippen LogP contribution in [0.1, 0.15) is 33.1 Å². The van der Waals surface area contributed by atoms with Crippen molar-refractivity contribution in [2.24, 2.45) is 11.7 Å². The summed E-state index contributed by atoms with van der Waals surface area (Å²) in [6.07, 6.45) is 3.91. The highest BCUT2D eigenvalue weighted by Crippen LogP contribution is 2.24. The van der Waals surface area contributed by atoms with Gasteiger partial charge in [0.15, 0.2) is 0 Å². The molecule has 0 aliphatic carbocycles. The number of ether oxygens (including phenoxy) is 1. The first-order valence-electron chi connectivity index (χ1n) is 6.33. The third-order valence-electron chi connectivity index (χ3n) is 3.52. The second kappa shape index (κ2) is 7.20. The van der Waals surface area contributed by atoms with Crippen molar-refractivity contribution in [3.8, 4) is 0 Å². The van der Waals surface area contributed by atoms with Crippen LogP contribution in [0.2, 0.25) is 0 Å². The van der Waals surface area contributed by atoms with Gasteiger partial charge in [-0.25, -0.2) is 0 Å². The van der Waals surface area contributed by atoms with Crippen LogP contribution in [0.4, 0.5) is 0 Å². The summed E-state index contributed by atoms with van der Waals surface area (Å²) in [6, 6.07) is 0.587. The van der Waals surface area contributed by atoms with Crippen LogP contribution in [-0.2, 0) is 4.74 Å².